The maximum absolute atomic E-state index is 13.1. The van der Waals surface area contributed by atoms with Gasteiger partial charge in [-0.25, -0.2) is 0 Å². The zero-order valence-corrected chi connectivity index (χ0v) is 10.6. The van der Waals surface area contributed by atoms with Crippen molar-refractivity contribution in [2.45, 2.75) is 25.1 Å². The standard InChI is InChI=1S/C12H10F5N3O/c13-11(14,12(15,16)17)10(21)20(6-2-4-18)8-9-3-1-5-19-7-9/h1,3,5,7H,2,6,8H2. The third kappa shape index (κ3) is 4.11. The molecule has 0 N–H and O–H groups in total. The van der Waals surface area contributed by atoms with E-state index < -0.39 is 31.1 Å². The molecule has 0 aliphatic rings. The van der Waals surface area contributed by atoms with Crippen LogP contribution in [0.3, 0.4) is 0 Å². The lowest BCUT2D eigenvalue weighted by Crippen LogP contribution is -2.52. The number of pyridine rings is 1. The first kappa shape index (κ1) is 16.8. The molecule has 0 aliphatic carbocycles. The summed E-state index contributed by atoms with van der Waals surface area (Å²) in [7, 11) is 0. The number of alkyl halides is 5. The van der Waals surface area contributed by atoms with Crippen molar-refractivity contribution < 1.29 is 26.7 Å². The highest BCUT2D eigenvalue weighted by atomic mass is 19.4. The van der Waals surface area contributed by atoms with Crippen LogP contribution in [-0.4, -0.2) is 34.4 Å². The summed E-state index contributed by atoms with van der Waals surface area (Å²) in [6.45, 7) is -1.02. The van der Waals surface area contributed by atoms with Gasteiger partial charge in [-0.3, -0.25) is 9.78 Å². The van der Waals surface area contributed by atoms with Crippen LogP contribution < -0.4 is 0 Å². The smallest absolute Gasteiger partial charge is 0.332 e. The molecule has 1 heterocycles. The van der Waals surface area contributed by atoms with Crippen molar-refractivity contribution in [1.82, 2.24) is 9.88 Å². The molecule has 0 atom stereocenters. The van der Waals surface area contributed by atoms with Crippen LogP contribution >= 0.6 is 0 Å². The fraction of sp³-hybridized carbons (Fsp3) is 0.417. The van der Waals surface area contributed by atoms with E-state index in [2.05, 4.69) is 4.98 Å². The van der Waals surface area contributed by atoms with Crippen LogP contribution in [0.15, 0.2) is 24.5 Å². The number of amides is 1. The van der Waals surface area contributed by atoms with Gasteiger partial charge in [0.25, 0.3) is 0 Å². The molecule has 0 aromatic carbocycles. The van der Waals surface area contributed by atoms with Crippen molar-refractivity contribution in [2.24, 2.45) is 0 Å². The van der Waals surface area contributed by atoms with E-state index in [0.29, 0.717) is 4.90 Å². The summed E-state index contributed by atoms with van der Waals surface area (Å²) in [5.74, 6) is -7.88. The van der Waals surface area contributed by atoms with Crippen LogP contribution in [0.2, 0.25) is 0 Å². The topological polar surface area (TPSA) is 57.0 Å². The minimum Gasteiger partial charge on any atom is -0.332 e. The van der Waals surface area contributed by atoms with E-state index in [0.717, 1.165) is 0 Å². The van der Waals surface area contributed by atoms with Gasteiger partial charge in [-0.2, -0.15) is 27.2 Å². The quantitative estimate of drug-likeness (QED) is 0.785. The lowest BCUT2D eigenvalue weighted by Gasteiger charge is -2.27. The minimum atomic E-state index is -5.98. The first-order chi connectivity index (χ1) is 9.70. The van der Waals surface area contributed by atoms with E-state index in [-0.39, 0.29) is 12.0 Å². The molecule has 1 rings (SSSR count). The van der Waals surface area contributed by atoms with Crippen LogP contribution in [0.5, 0.6) is 0 Å². The molecule has 0 radical (unpaired) electrons. The Balaban J connectivity index is 2.97. The number of carbonyl (C=O) groups is 1. The normalized spacial score (nSPS) is 11.8. The van der Waals surface area contributed by atoms with Crippen molar-refractivity contribution in [3.8, 4) is 6.07 Å². The van der Waals surface area contributed by atoms with Crippen LogP contribution in [0.4, 0.5) is 22.0 Å². The molecule has 0 aliphatic heterocycles. The molecule has 0 saturated carbocycles. The summed E-state index contributed by atoms with van der Waals surface area (Å²) >= 11 is 0. The van der Waals surface area contributed by atoms with Gasteiger partial charge >= 0.3 is 18.0 Å². The average Bonchev–Trinajstić information content (AvgIpc) is 2.42. The molecule has 1 aromatic rings. The van der Waals surface area contributed by atoms with E-state index in [1.807, 2.05) is 0 Å². The van der Waals surface area contributed by atoms with Gasteiger partial charge in [0, 0.05) is 25.5 Å². The summed E-state index contributed by atoms with van der Waals surface area (Å²) in [6, 6.07) is 4.46. The summed E-state index contributed by atoms with van der Waals surface area (Å²) in [6.07, 6.45) is -3.72. The summed E-state index contributed by atoms with van der Waals surface area (Å²) in [4.78, 5) is 15.4. The van der Waals surface area contributed by atoms with Crippen LogP contribution in [0, 0.1) is 11.3 Å². The Labute approximate surface area is 116 Å². The van der Waals surface area contributed by atoms with Gasteiger partial charge in [-0.1, -0.05) is 6.07 Å². The molecule has 0 fully saturated rings. The predicted molar refractivity (Wildman–Crippen MR) is 60.9 cm³/mol. The highest BCUT2D eigenvalue weighted by molar-refractivity contribution is 5.84. The molecule has 9 heteroatoms. The molecule has 1 aromatic heterocycles. The molecule has 0 saturated heterocycles. The second-order valence-electron chi connectivity index (χ2n) is 4.07. The Morgan fingerprint density at radius 3 is 2.48 bits per heavy atom. The molecule has 0 spiro atoms. The fourth-order valence-corrected chi connectivity index (χ4v) is 1.47. The van der Waals surface area contributed by atoms with E-state index in [4.69, 9.17) is 5.26 Å². The number of aromatic nitrogens is 1. The molecule has 114 valence electrons. The fourth-order valence-electron chi connectivity index (χ4n) is 1.47. The van der Waals surface area contributed by atoms with Crippen LogP contribution in [0.25, 0.3) is 0 Å². The largest absolute Gasteiger partial charge is 0.463 e. The van der Waals surface area contributed by atoms with Crippen molar-refractivity contribution in [3.63, 3.8) is 0 Å². The summed E-state index contributed by atoms with van der Waals surface area (Å²) < 4.78 is 62.9. The number of rotatable bonds is 5. The first-order valence-electron chi connectivity index (χ1n) is 5.70. The van der Waals surface area contributed by atoms with Gasteiger partial charge < -0.3 is 4.90 Å². The Bertz CT molecular complexity index is 524. The number of carbonyl (C=O) groups excluding carboxylic acids is 1. The number of halogens is 5. The van der Waals surface area contributed by atoms with E-state index in [9.17, 15) is 26.7 Å². The summed E-state index contributed by atoms with van der Waals surface area (Å²) in [5.41, 5.74) is 0.279. The maximum Gasteiger partial charge on any atom is 0.463 e. The first-order valence-corrected chi connectivity index (χ1v) is 5.70. The van der Waals surface area contributed by atoms with Crippen LogP contribution in [-0.2, 0) is 11.3 Å². The number of hydrogen-bond donors (Lipinski definition) is 0. The average molecular weight is 307 g/mol. The van der Waals surface area contributed by atoms with Gasteiger partial charge in [0.05, 0.1) is 12.5 Å². The Morgan fingerprint density at radius 2 is 2.00 bits per heavy atom. The Kier molecular flexibility index (Phi) is 5.18. The SMILES string of the molecule is N#CCCN(Cc1cccnc1)C(=O)C(F)(F)C(F)(F)F. The monoisotopic (exact) mass is 307 g/mol. The van der Waals surface area contributed by atoms with Gasteiger partial charge in [0.2, 0.25) is 0 Å². The van der Waals surface area contributed by atoms with Gasteiger partial charge in [0.1, 0.15) is 0 Å². The second-order valence-corrected chi connectivity index (χ2v) is 4.07. The Hall–Kier alpha value is -2.24. The molecular weight excluding hydrogens is 297 g/mol. The van der Waals surface area contributed by atoms with Crippen molar-refractivity contribution in [1.29, 1.82) is 5.26 Å². The molecule has 0 unspecified atom stereocenters. The predicted octanol–water partition coefficient (Wildman–Crippen LogP) is 2.52. The minimum absolute atomic E-state index is 0.279. The number of nitrogens with zero attached hydrogens (tertiary/aromatic N) is 3. The van der Waals surface area contributed by atoms with Gasteiger partial charge in [-0.05, 0) is 11.6 Å². The molecule has 1 amide bonds. The van der Waals surface area contributed by atoms with Crippen molar-refractivity contribution in [3.05, 3.63) is 30.1 Å². The van der Waals surface area contributed by atoms with Crippen molar-refractivity contribution in [2.75, 3.05) is 6.54 Å². The van der Waals surface area contributed by atoms with E-state index in [1.54, 1.807) is 6.07 Å². The van der Waals surface area contributed by atoms with Gasteiger partial charge in [0.15, 0.2) is 0 Å². The Morgan fingerprint density at radius 1 is 1.33 bits per heavy atom. The number of hydrogen-bond acceptors (Lipinski definition) is 3. The van der Waals surface area contributed by atoms with E-state index in [1.165, 1.54) is 24.5 Å². The zero-order chi connectivity index (χ0) is 16.1. The summed E-state index contributed by atoms with van der Waals surface area (Å²) in [5, 5.41) is 8.42. The maximum atomic E-state index is 13.1. The number of nitriles is 1. The molecule has 4 nitrogen and oxygen atoms in total. The zero-order valence-electron chi connectivity index (χ0n) is 10.6. The molecule has 0 bridgehead atoms. The van der Waals surface area contributed by atoms with Crippen LogP contribution in [0.1, 0.15) is 12.0 Å². The third-order valence-electron chi connectivity index (χ3n) is 2.50. The van der Waals surface area contributed by atoms with Crippen molar-refractivity contribution >= 4 is 5.91 Å². The lowest BCUT2D eigenvalue weighted by molar-refractivity contribution is -0.274. The molecular formula is C12H10F5N3O. The third-order valence-corrected chi connectivity index (χ3v) is 2.50. The highest BCUT2D eigenvalue weighted by Crippen LogP contribution is 2.37. The van der Waals surface area contributed by atoms with Gasteiger partial charge in [-0.15, -0.1) is 0 Å². The lowest BCUT2D eigenvalue weighted by atomic mass is 10.2. The van der Waals surface area contributed by atoms with E-state index >= 15 is 0 Å². The highest BCUT2D eigenvalue weighted by Gasteiger charge is 2.64. The second kappa shape index (κ2) is 6.47. The molecule has 21 heavy (non-hydrogen) atoms.